The van der Waals surface area contributed by atoms with Gasteiger partial charge in [0, 0.05) is 22.1 Å². The minimum absolute atomic E-state index is 0.213. The number of esters is 6. The van der Waals surface area contributed by atoms with Crippen molar-refractivity contribution in [2.24, 2.45) is 29.1 Å². The molecule has 0 heterocycles. The fourth-order valence-electron chi connectivity index (χ4n) is 10.8. The van der Waals surface area contributed by atoms with Crippen LogP contribution in [0.3, 0.4) is 0 Å². The van der Waals surface area contributed by atoms with Crippen LogP contribution in [0, 0.1) is 29.1 Å². The number of rotatable bonds is 23. The van der Waals surface area contributed by atoms with Gasteiger partial charge in [-0.05, 0) is 122 Å². The number of alkyl halides is 19. The van der Waals surface area contributed by atoms with Gasteiger partial charge in [-0.1, -0.05) is 19.7 Å². The quantitative estimate of drug-likeness (QED) is 0.0309. The number of hydrogen-bond acceptors (Lipinski definition) is 15. The molecule has 6 aliphatic rings. The zero-order valence-electron chi connectivity index (χ0n) is 46.9. The second kappa shape index (κ2) is 30.4. The molecule has 6 rings (SSSR count). The smallest absolute Gasteiger partial charge is 0.460 e. The van der Waals surface area contributed by atoms with Crippen LogP contribution in [0.2, 0.25) is 0 Å². The third-order valence-corrected chi connectivity index (χ3v) is 14.3. The number of ether oxygens (including phenoxy) is 9. The normalized spacial score (nSPS) is 25.0. The molecule has 0 amide bonds. The Morgan fingerprint density at radius 3 is 1.14 bits per heavy atom. The third kappa shape index (κ3) is 22.5. The van der Waals surface area contributed by atoms with Crippen molar-refractivity contribution in [3.05, 3.63) is 36.5 Å². The van der Waals surface area contributed by atoms with Gasteiger partial charge in [0.05, 0.1) is 44.2 Å². The SMILES string of the molecule is C=C(C)C(=O)OC1CCC(OCCOC(=O)C(C(F)(F)F)C(F)(F)F)CC1.C=C(C)C(=O)OC1CCC(OCCOC(=O)C(F)(F)C(F)(F)C(F)(F)F)CC1.C=C(C)C(=O)OCC12CC3CC(C1)CC(OCCOC(=O)C(C(F)(F)F)C(F)(F)F)(C3)C2. The number of halogens is 19. The highest BCUT2D eigenvalue weighted by atomic mass is 19.4. The summed E-state index contributed by atoms with van der Waals surface area (Å²) in [7, 11) is 0. The number of carbonyl (C=O) groups excluding carboxylic acids is 6. The largest absolute Gasteiger partial charge is 0.463 e. The molecular formula is C53H65F19O15. The first-order valence-corrected chi connectivity index (χ1v) is 26.7. The van der Waals surface area contributed by atoms with E-state index < -0.39 is 129 Å². The summed E-state index contributed by atoms with van der Waals surface area (Å²) in [6.45, 7) is 11.7. The minimum atomic E-state index is -6.61. The van der Waals surface area contributed by atoms with E-state index in [1.807, 2.05) is 0 Å². The summed E-state index contributed by atoms with van der Waals surface area (Å²) in [4.78, 5) is 68.1. The van der Waals surface area contributed by atoms with E-state index in [2.05, 4.69) is 33.9 Å². The van der Waals surface area contributed by atoms with E-state index in [4.69, 9.17) is 28.4 Å². The van der Waals surface area contributed by atoms with Gasteiger partial charge in [0.1, 0.15) is 32.0 Å². The second-order valence-corrected chi connectivity index (χ2v) is 21.9. The molecule has 0 aromatic carbocycles. The molecule has 0 aromatic rings. The van der Waals surface area contributed by atoms with Gasteiger partial charge in [0.15, 0.2) is 0 Å². The molecule has 2 atom stereocenters. The lowest BCUT2D eigenvalue weighted by atomic mass is 9.48. The monoisotopic (exact) mass is 1300 g/mol. The van der Waals surface area contributed by atoms with Gasteiger partial charge in [-0.2, -0.15) is 83.4 Å². The Balaban J connectivity index is 0.000000343. The topological polar surface area (TPSA) is 185 Å². The van der Waals surface area contributed by atoms with Crippen LogP contribution < -0.4 is 0 Å². The van der Waals surface area contributed by atoms with Gasteiger partial charge in [0.25, 0.3) is 0 Å². The average molecular weight is 1300 g/mol. The Morgan fingerprint density at radius 1 is 0.448 bits per heavy atom. The lowest BCUT2D eigenvalue weighted by Gasteiger charge is -2.61. The van der Waals surface area contributed by atoms with Crippen LogP contribution in [-0.2, 0) is 71.4 Å². The molecule has 6 aliphatic carbocycles. The van der Waals surface area contributed by atoms with Gasteiger partial charge in [0.2, 0.25) is 11.8 Å². The summed E-state index contributed by atoms with van der Waals surface area (Å²) in [5.41, 5.74) is -0.0823. The zero-order valence-corrected chi connectivity index (χ0v) is 46.9. The molecule has 34 heteroatoms. The van der Waals surface area contributed by atoms with Gasteiger partial charge in [-0.25, -0.2) is 19.2 Å². The van der Waals surface area contributed by atoms with E-state index in [1.165, 1.54) is 13.8 Å². The molecule has 2 unspecified atom stereocenters. The lowest BCUT2D eigenvalue weighted by molar-refractivity contribution is -0.348. The molecule has 0 N–H and O–H groups in total. The van der Waals surface area contributed by atoms with Crippen LogP contribution in [-0.4, -0.2) is 155 Å². The van der Waals surface area contributed by atoms with Crippen molar-refractivity contribution in [1.82, 2.24) is 0 Å². The van der Waals surface area contributed by atoms with Crippen molar-refractivity contribution in [2.45, 2.75) is 183 Å². The predicted molar refractivity (Wildman–Crippen MR) is 257 cm³/mol. The van der Waals surface area contributed by atoms with E-state index in [0.29, 0.717) is 88.0 Å². The molecule has 0 radical (unpaired) electrons. The first-order valence-electron chi connectivity index (χ1n) is 26.7. The molecule has 87 heavy (non-hydrogen) atoms. The van der Waals surface area contributed by atoms with E-state index in [1.54, 1.807) is 6.92 Å². The number of carbonyl (C=O) groups is 6. The Kier molecular flexibility index (Phi) is 26.5. The van der Waals surface area contributed by atoms with Gasteiger partial charge in [-0.3, -0.25) is 9.59 Å². The number of hydrogen-bond donors (Lipinski definition) is 0. The summed E-state index contributed by atoms with van der Waals surface area (Å²) in [5, 5.41) is 0. The Hall–Kier alpha value is -5.41. The fraction of sp³-hybridized carbons (Fsp3) is 0.774. The summed E-state index contributed by atoms with van der Waals surface area (Å²) in [5.74, 6) is -29.6. The van der Waals surface area contributed by atoms with Crippen LogP contribution in [0.15, 0.2) is 36.5 Å². The Bertz CT molecular complexity index is 2340. The van der Waals surface area contributed by atoms with Crippen LogP contribution in [0.4, 0.5) is 83.4 Å². The summed E-state index contributed by atoms with van der Waals surface area (Å²) in [6, 6.07) is 0. The molecule has 6 saturated carbocycles. The van der Waals surface area contributed by atoms with Crippen molar-refractivity contribution in [3.63, 3.8) is 0 Å². The van der Waals surface area contributed by atoms with E-state index in [-0.39, 0.29) is 54.7 Å². The molecule has 0 aromatic heterocycles. The van der Waals surface area contributed by atoms with Crippen molar-refractivity contribution in [3.8, 4) is 0 Å². The standard InChI is InChI=1S/C21H26F6O5.C16H19F7O5.C16H20F6O5/c1-12(2)16(28)31-11-18-6-13-5-14(7-18)9-19(8-13,10-18)32-4-3-30-17(29)15(20(22,23)24)21(25,26)27;1-9(2)12(24)28-11-5-3-10(4-6-11)26-7-8-27-13(25)14(17,18)15(19,20)16(21,22)23;1-9(2)13(23)27-11-5-3-10(4-6-11)25-7-8-26-14(24)12(15(17,18)19)16(20,21)22/h13-15H,1,3-11H2,2H3;10-11H,1,3-8H2,2H3;10-12H,1,3-8H2,2H3. The predicted octanol–water partition coefficient (Wildman–Crippen LogP) is 12.3. The van der Waals surface area contributed by atoms with Crippen LogP contribution in [0.1, 0.15) is 111 Å². The summed E-state index contributed by atoms with van der Waals surface area (Å²) in [6.07, 6.45) is -22.7. The lowest BCUT2D eigenvalue weighted by Crippen LogP contribution is -2.58. The van der Waals surface area contributed by atoms with E-state index >= 15 is 0 Å². The van der Waals surface area contributed by atoms with E-state index in [9.17, 15) is 112 Å². The molecular weight excluding hydrogens is 1240 g/mol. The Labute approximate surface area is 485 Å². The van der Waals surface area contributed by atoms with Crippen molar-refractivity contribution in [2.75, 3.05) is 46.2 Å². The van der Waals surface area contributed by atoms with Gasteiger partial charge >= 0.3 is 78.5 Å². The molecule has 15 nitrogen and oxygen atoms in total. The Morgan fingerprint density at radius 2 is 0.793 bits per heavy atom. The molecule has 6 fully saturated rings. The van der Waals surface area contributed by atoms with Crippen LogP contribution in [0.25, 0.3) is 0 Å². The van der Waals surface area contributed by atoms with Crippen molar-refractivity contribution < 1.29 is 155 Å². The fourth-order valence-corrected chi connectivity index (χ4v) is 10.8. The summed E-state index contributed by atoms with van der Waals surface area (Å²) >= 11 is 0. The maximum absolute atomic E-state index is 13.0. The maximum Gasteiger partial charge on any atom is 0.460 e. The van der Waals surface area contributed by atoms with Gasteiger partial charge in [-0.15, -0.1) is 0 Å². The highest BCUT2D eigenvalue weighted by molar-refractivity contribution is 5.88. The average Bonchev–Trinajstić information content (AvgIpc) is 0.763. The molecule has 0 spiro atoms. The first kappa shape index (κ1) is 75.8. The highest BCUT2D eigenvalue weighted by Crippen LogP contribution is 2.63. The van der Waals surface area contributed by atoms with Crippen LogP contribution in [0.5, 0.6) is 0 Å². The molecule has 500 valence electrons. The first-order chi connectivity index (χ1) is 39.7. The van der Waals surface area contributed by atoms with E-state index in [0.717, 1.165) is 19.3 Å². The second-order valence-electron chi connectivity index (χ2n) is 21.9. The maximum atomic E-state index is 13.0. The van der Waals surface area contributed by atoms with Crippen molar-refractivity contribution >= 4 is 35.8 Å². The van der Waals surface area contributed by atoms with Gasteiger partial charge < -0.3 is 42.6 Å². The molecule has 0 saturated heterocycles. The minimum Gasteiger partial charge on any atom is -0.463 e. The van der Waals surface area contributed by atoms with Crippen LogP contribution >= 0.6 is 0 Å². The zero-order chi connectivity index (χ0) is 66.5. The summed E-state index contributed by atoms with van der Waals surface area (Å²) < 4.78 is 281. The highest BCUT2D eigenvalue weighted by Gasteiger charge is 2.77. The molecule has 4 bridgehead atoms. The van der Waals surface area contributed by atoms with Crippen molar-refractivity contribution in [1.29, 1.82) is 0 Å². The molecule has 0 aliphatic heterocycles. The third-order valence-electron chi connectivity index (χ3n) is 14.3.